The van der Waals surface area contributed by atoms with Crippen LogP contribution >= 0.6 is 27.5 Å². The first-order valence-electron chi connectivity index (χ1n) is 8.77. The molecule has 28 heavy (non-hydrogen) atoms. The van der Waals surface area contributed by atoms with Crippen molar-refractivity contribution in [2.24, 2.45) is 0 Å². The summed E-state index contributed by atoms with van der Waals surface area (Å²) in [5, 5.41) is 4.36. The van der Waals surface area contributed by atoms with Crippen LogP contribution in [0.5, 0.6) is 0 Å². The molecule has 0 aliphatic carbocycles. The van der Waals surface area contributed by atoms with Gasteiger partial charge in [0.1, 0.15) is 5.82 Å². The van der Waals surface area contributed by atoms with Crippen molar-refractivity contribution in [3.63, 3.8) is 0 Å². The monoisotopic (exact) mass is 461 g/mol. The van der Waals surface area contributed by atoms with Crippen molar-refractivity contribution in [3.05, 3.63) is 57.5 Å². The summed E-state index contributed by atoms with van der Waals surface area (Å²) in [6.07, 6.45) is 1.73. The van der Waals surface area contributed by atoms with Crippen LogP contribution in [0.1, 0.15) is 16.2 Å². The smallest absolute Gasteiger partial charge is 0.255 e. The molecule has 0 spiro atoms. The molecule has 1 saturated heterocycles. The van der Waals surface area contributed by atoms with Gasteiger partial charge in [0.25, 0.3) is 5.91 Å². The van der Waals surface area contributed by atoms with E-state index in [1.165, 1.54) is 0 Å². The summed E-state index contributed by atoms with van der Waals surface area (Å²) in [6, 6.07) is 9.17. The quantitative estimate of drug-likeness (QED) is 0.589. The maximum atomic E-state index is 12.8. The second-order valence-corrected chi connectivity index (χ2v) is 7.77. The van der Waals surface area contributed by atoms with E-state index in [0.717, 1.165) is 15.9 Å². The third kappa shape index (κ3) is 3.88. The van der Waals surface area contributed by atoms with Gasteiger partial charge in [0.05, 0.1) is 10.6 Å². The van der Waals surface area contributed by atoms with Crippen LogP contribution in [0.2, 0.25) is 5.02 Å². The number of rotatable bonds is 3. The number of carbonyl (C=O) groups excluding carboxylic acids is 1. The molecule has 7 nitrogen and oxygen atoms in total. The summed E-state index contributed by atoms with van der Waals surface area (Å²) in [5.74, 6) is 1.85. The van der Waals surface area contributed by atoms with Gasteiger partial charge in [-0.05, 0) is 30.3 Å². The Morgan fingerprint density at radius 3 is 2.61 bits per heavy atom. The van der Waals surface area contributed by atoms with Crippen molar-refractivity contribution in [3.8, 4) is 11.4 Å². The van der Waals surface area contributed by atoms with Gasteiger partial charge in [0, 0.05) is 49.3 Å². The fourth-order valence-corrected chi connectivity index (χ4v) is 3.65. The number of amides is 1. The molecule has 1 amide bonds. The highest BCUT2D eigenvalue weighted by atomic mass is 79.9. The lowest BCUT2D eigenvalue weighted by molar-refractivity contribution is 0.0746. The molecule has 1 aliphatic heterocycles. The van der Waals surface area contributed by atoms with Gasteiger partial charge in [0.15, 0.2) is 0 Å². The summed E-state index contributed by atoms with van der Waals surface area (Å²) in [7, 11) is 0. The number of halogens is 2. The van der Waals surface area contributed by atoms with Crippen LogP contribution in [-0.4, -0.2) is 52.1 Å². The molecule has 0 radical (unpaired) electrons. The van der Waals surface area contributed by atoms with E-state index >= 15 is 0 Å². The number of anilines is 1. The van der Waals surface area contributed by atoms with E-state index in [9.17, 15) is 4.79 Å². The summed E-state index contributed by atoms with van der Waals surface area (Å²) in [5.41, 5.74) is 1.32. The average Bonchev–Trinajstić information content (AvgIpc) is 3.16. The molecule has 9 heteroatoms. The fraction of sp³-hybridized carbons (Fsp3) is 0.263. The Hall–Kier alpha value is -2.45. The highest BCUT2D eigenvalue weighted by molar-refractivity contribution is 9.10. The fourth-order valence-electron chi connectivity index (χ4n) is 3.09. The largest absolute Gasteiger partial charge is 0.353 e. The predicted octanol–water partition coefficient (Wildman–Crippen LogP) is 3.82. The molecule has 1 aromatic carbocycles. The van der Waals surface area contributed by atoms with Crippen LogP contribution in [0.15, 0.2) is 45.5 Å². The van der Waals surface area contributed by atoms with E-state index < -0.39 is 0 Å². The molecular weight excluding hydrogens is 446 g/mol. The molecule has 0 unspecified atom stereocenters. The van der Waals surface area contributed by atoms with Crippen molar-refractivity contribution in [2.45, 2.75) is 6.92 Å². The lowest BCUT2D eigenvalue weighted by Gasteiger charge is -2.35. The number of carbonyl (C=O) groups is 1. The number of nitrogens with zero attached hydrogens (tertiary/aromatic N) is 5. The minimum absolute atomic E-state index is 0.0540. The molecule has 1 aliphatic rings. The van der Waals surface area contributed by atoms with Crippen LogP contribution in [0.3, 0.4) is 0 Å². The SMILES string of the molecule is Cc1nc(-c2ccc(N3CCN(C(=O)c4cc(Br)ccc4Cl)CC3)nc2)no1. The number of hydrogen-bond acceptors (Lipinski definition) is 6. The zero-order valence-corrected chi connectivity index (χ0v) is 17.4. The maximum Gasteiger partial charge on any atom is 0.255 e. The third-order valence-corrected chi connectivity index (χ3v) is 5.41. The van der Waals surface area contributed by atoms with E-state index in [0.29, 0.717) is 48.5 Å². The number of hydrogen-bond donors (Lipinski definition) is 0. The van der Waals surface area contributed by atoms with Gasteiger partial charge in [-0.3, -0.25) is 4.79 Å². The second-order valence-electron chi connectivity index (χ2n) is 6.45. The maximum absolute atomic E-state index is 12.8. The third-order valence-electron chi connectivity index (χ3n) is 4.58. The number of piperazine rings is 1. The van der Waals surface area contributed by atoms with E-state index in [-0.39, 0.29) is 5.91 Å². The topological polar surface area (TPSA) is 75.4 Å². The second kappa shape index (κ2) is 7.89. The lowest BCUT2D eigenvalue weighted by atomic mass is 10.1. The minimum atomic E-state index is -0.0540. The highest BCUT2D eigenvalue weighted by Crippen LogP contribution is 2.24. The molecule has 144 valence electrons. The van der Waals surface area contributed by atoms with Crippen molar-refractivity contribution in [2.75, 3.05) is 31.1 Å². The number of benzene rings is 1. The normalized spacial score (nSPS) is 14.4. The van der Waals surface area contributed by atoms with Gasteiger partial charge in [-0.1, -0.05) is 32.7 Å². The van der Waals surface area contributed by atoms with Gasteiger partial charge >= 0.3 is 0 Å². The Labute approximate surface area is 175 Å². The Balaban J connectivity index is 1.41. The van der Waals surface area contributed by atoms with E-state index in [1.54, 1.807) is 25.3 Å². The summed E-state index contributed by atoms with van der Waals surface area (Å²) < 4.78 is 5.84. The molecule has 3 heterocycles. The van der Waals surface area contributed by atoms with Crippen LogP contribution in [0, 0.1) is 6.92 Å². The zero-order chi connectivity index (χ0) is 19.7. The molecular formula is C19H17BrClN5O2. The Morgan fingerprint density at radius 1 is 1.18 bits per heavy atom. The number of aromatic nitrogens is 3. The first-order valence-corrected chi connectivity index (χ1v) is 9.94. The van der Waals surface area contributed by atoms with Crippen molar-refractivity contribution >= 4 is 39.3 Å². The Morgan fingerprint density at radius 2 is 1.96 bits per heavy atom. The molecule has 0 N–H and O–H groups in total. The van der Waals surface area contributed by atoms with Crippen LogP contribution in [0.25, 0.3) is 11.4 Å². The Kier molecular flexibility index (Phi) is 5.32. The van der Waals surface area contributed by atoms with Crippen LogP contribution < -0.4 is 4.90 Å². The molecule has 2 aromatic heterocycles. The van der Waals surface area contributed by atoms with Crippen LogP contribution in [-0.2, 0) is 0 Å². The molecule has 4 rings (SSSR count). The minimum Gasteiger partial charge on any atom is -0.353 e. The molecule has 0 saturated carbocycles. The van der Waals surface area contributed by atoms with Gasteiger partial charge in [-0.25, -0.2) is 4.98 Å². The van der Waals surface area contributed by atoms with Gasteiger partial charge in [-0.2, -0.15) is 4.98 Å². The standard InChI is InChI=1S/C19H17BrClN5O2/c1-12-23-18(24-28-12)13-2-5-17(22-11-13)25-6-8-26(9-7-25)19(27)15-10-14(20)3-4-16(15)21/h2-5,10-11H,6-9H2,1H3. The zero-order valence-electron chi connectivity index (χ0n) is 15.1. The van der Waals surface area contributed by atoms with Crippen molar-refractivity contribution in [1.82, 2.24) is 20.0 Å². The van der Waals surface area contributed by atoms with Crippen molar-refractivity contribution in [1.29, 1.82) is 0 Å². The molecule has 3 aromatic rings. The molecule has 1 fully saturated rings. The Bertz CT molecular complexity index is 1000. The van der Waals surface area contributed by atoms with E-state index in [4.69, 9.17) is 16.1 Å². The van der Waals surface area contributed by atoms with Gasteiger partial charge in [-0.15, -0.1) is 0 Å². The highest BCUT2D eigenvalue weighted by Gasteiger charge is 2.24. The van der Waals surface area contributed by atoms with Gasteiger partial charge < -0.3 is 14.3 Å². The van der Waals surface area contributed by atoms with Crippen molar-refractivity contribution < 1.29 is 9.32 Å². The van der Waals surface area contributed by atoms with Crippen LogP contribution in [0.4, 0.5) is 5.82 Å². The predicted molar refractivity (Wildman–Crippen MR) is 110 cm³/mol. The number of pyridine rings is 1. The molecule has 0 atom stereocenters. The first-order chi connectivity index (χ1) is 13.5. The summed E-state index contributed by atoms with van der Waals surface area (Å²) in [6.45, 7) is 4.36. The van der Waals surface area contributed by atoms with Gasteiger partial charge in [0.2, 0.25) is 11.7 Å². The van der Waals surface area contributed by atoms with E-state index in [1.807, 2.05) is 23.1 Å². The summed E-state index contributed by atoms with van der Waals surface area (Å²) >= 11 is 9.59. The molecule has 0 bridgehead atoms. The first kappa shape index (κ1) is 18.9. The lowest BCUT2D eigenvalue weighted by Crippen LogP contribution is -2.49. The number of aryl methyl sites for hydroxylation is 1. The van der Waals surface area contributed by atoms with E-state index in [2.05, 4.69) is 36.0 Å². The average molecular weight is 463 g/mol. The summed E-state index contributed by atoms with van der Waals surface area (Å²) in [4.78, 5) is 25.5.